The van der Waals surface area contributed by atoms with Gasteiger partial charge in [0.25, 0.3) is 0 Å². The Hall–Kier alpha value is -1.05. The minimum Gasteiger partial charge on any atom is -0.383 e. The molecule has 0 saturated heterocycles. The highest BCUT2D eigenvalue weighted by atomic mass is 79.9. The van der Waals surface area contributed by atoms with Gasteiger partial charge in [-0.15, -0.1) is 0 Å². The van der Waals surface area contributed by atoms with Crippen LogP contribution in [0.25, 0.3) is 0 Å². The van der Waals surface area contributed by atoms with Gasteiger partial charge in [-0.05, 0) is 37.3 Å². The van der Waals surface area contributed by atoms with Gasteiger partial charge in [0.2, 0.25) is 0 Å². The average Bonchev–Trinajstić information content (AvgIpc) is 2.33. The maximum absolute atomic E-state index is 13.4. The number of rotatable bonds is 5. The number of hydrogen-bond donors (Lipinski definition) is 2. The first-order valence-corrected chi connectivity index (χ1v) is 6.76. The van der Waals surface area contributed by atoms with Gasteiger partial charge in [-0.25, -0.2) is 4.39 Å². The molecule has 0 fully saturated rings. The van der Waals surface area contributed by atoms with Gasteiger partial charge in [0, 0.05) is 23.2 Å². The van der Waals surface area contributed by atoms with Crippen molar-refractivity contribution in [2.24, 2.45) is 5.10 Å². The zero-order valence-electron chi connectivity index (χ0n) is 10.6. The molecular formula is C12H15BrFN3OS. The van der Waals surface area contributed by atoms with Gasteiger partial charge in [-0.3, -0.25) is 5.43 Å². The van der Waals surface area contributed by atoms with E-state index in [1.165, 1.54) is 12.3 Å². The molecule has 104 valence electrons. The monoisotopic (exact) mass is 347 g/mol. The minimum atomic E-state index is -0.347. The Morgan fingerprint density at radius 2 is 2.37 bits per heavy atom. The van der Waals surface area contributed by atoms with E-state index in [9.17, 15) is 4.39 Å². The lowest BCUT2D eigenvalue weighted by Gasteiger charge is -2.13. The van der Waals surface area contributed by atoms with Crippen molar-refractivity contribution in [2.45, 2.75) is 13.0 Å². The Labute approximate surface area is 125 Å². The molecule has 0 aliphatic heterocycles. The topological polar surface area (TPSA) is 45.6 Å². The minimum absolute atomic E-state index is 0.0720. The van der Waals surface area contributed by atoms with E-state index >= 15 is 0 Å². The Morgan fingerprint density at radius 1 is 1.63 bits per heavy atom. The molecule has 7 heteroatoms. The molecule has 0 unspecified atom stereocenters. The summed E-state index contributed by atoms with van der Waals surface area (Å²) in [6.07, 6.45) is 1.37. The van der Waals surface area contributed by atoms with Crippen LogP contribution in [0.2, 0.25) is 0 Å². The number of hydrazone groups is 1. The van der Waals surface area contributed by atoms with Crippen LogP contribution < -0.4 is 10.7 Å². The fourth-order valence-corrected chi connectivity index (χ4v) is 1.95. The highest BCUT2D eigenvalue weighted by molar-refractivity contribution is 9.10. The third kappa shape index (κ3) is 6.09. The first kappa shape index (κ1) is 16.0. The lowest BCUT2D eigenvalue weighted by molar-refractivity contribution is 0.179. The predicted octanol–water partition coefficient (Wildman–Crippen LogP) is 2.42. The summed E-state index contributed by atoms with van der Waals surface area (Å²) >= 11 is 8.29. The fourth-order valence-electron chi connectivity index (χ4n) is 1.32. The number of methoxy groups -OCH3 is 1. The second-order valence-corrected chi connectivity index (χ2v) is 5.19. The molecule has 2 N–H and O–H groups in total. The lowest BCUT2D eigenvalue weighted by Crippen LogP contribution is -2.40. The van der Waals surface area contributed by atoms with Crippen molar-refractivity contribution in [3.05, 3.63) is 34.1 Å². The molecule has 0 aliphatic rings. The van der Waals surface area contributed by atoms with E-state index in [4.69, 9.17) is 17.0 Å². The van der Waals surface area contributed by atoms with Gasteiger partial charge in [-0.1, -0.05) is 15.9 Å². The SMILES string of the molecule is COC[C@@H](C)NC(=S)N/N=C\c1cc(Br)ccc1F. The standard InChI is InChI=1S/C12H15BrFN3OS/c1-8(7-18-2)16-12(19)17-15-6-9-5-10(13)3-4-11(9)14/h3-6,8H,7H2,1-2H3,(H2,16,17,19)/b15-6-/t8-/m1/s1. The number of ether oxygens (including phenoxy) is 1. The van der Waals surface area contributed by atoms with Crippen molar-refractivity contribution < 1.29 is 9.13 Å². The molecule has 1 atom stereocenters. The van der Waals surface area contributed by atoms with Gasteiger partial charge < -0.3 is 10.1 Å². The summed E-state index contributed by atoms with van der Waals surface area (Å²) in [7, 11) is 1.61. The van der Waals surface area contributed by atoms with Crippen LogP contribution in [-0.2, 0) is 4.74 Å². The van der Waals surface area contributed by atoms with E-state index in [0.29, 0.717) is 17.3 Å². The second kappa shape index (κ2) is 8.19. The molecule has 0 bridgehead atoms. The van der Waals surface area contributed by atoms with Crippen LogP contribution in [0.4, 0.5) is 4.39 Å². The van der Waals surface area contributed by atoms with Crippen LogP contribution in [0, 0.1) is 5.82 Å². The number of halogens is 2. The van der Waals surface area contributed by atoms with Crippen molar-refractivity contribution in [3.63, 3.8) is 0 Å². The molecule has 4 nitrogen and oxygen atoms in total. The van der Waals surface area contributed by atoms with Gasteiger partial charge >= 0.3 is 0 Å². The van der Waals surface area contributed by atoms with E-state index in [1.807, 2.05) is 6.92 Å². The number of nitrogens with zero attached hydrogens (tertiary/aromatic N) is 1. The average molecular weight is 348 g/mol. The highest BCUT2D eigenvalue weighted by Gasteiger charge is 2.02. The predicted molar refractivity (Wildman–Crippen MR) is 81.9 cm³/mol. The molecule has 0 amide bonds. The normalized spacial score (nSPS) is 12.4. The lowest BCUT2D eigenvalue weighted by atomic mass is 10.2. The van der Waals surface area contributed by atoms with Gasteiger partial charge in [0.15, 0.2) is 5.11 Å². The van der Waals surface area contributed by atoms with Crippen LogP contribution in [0.3, 0.4) is 0 Å². The number of hydrogen-bond acceptors (Lipinski definition) is 3. The molecule has 1 aromatic carbocycles. The van der Waals surface area contributed by atoms with Crippen molar-refractivity contribution in [3.8, 4) is 0 Å². The molecule has 0 saturated carbocycles. The number of thiocarbonyl (C=S) groups is 1. The number of benzene rings is 1. The summed E-state index contributed by atoms with van der Waals surface area (Å²) in [5, 5.41) is 7.21. The molecule has 0 radical (unpaired) electrons. The van der Waals surface area contributed by atoms with Crippen molar-refractivity contribution in [1.82, 2.24) is 10.7 Å². The quantitative estimate of drug-likeness (QED) is 0.487. The molecule has 0 aromatic heterocycles. The van der Waals surface area contributed by atoms with Crippen LogP contribution in [0.1, 0.15) is 12.5 Å². The summed E-state index contributed by atoms with van der Waals surface area (Å²) in [5.74, 6) is -0.347. The molecule has 19 heavy (non-hydrogen) atoms. The van der Waals surface area contributed by atoms with Crippen molar-refractivity contribution in [2.75, 3.05) is 13.7 Å². The van der Waals surface area contributed by atoms with Gasteiger partial charge in [-0.2, -0.15) is 5.10 Å². The second-order valence-electron chi connectivity index (χ2n) is 3.87. The Kier molecular flexibility index (Phi) is 6.90. The van der Waals surface area contributed by atoms with E-state index < -0.39 is 0 Å². The molecular weight excluding hydrogens is 333 g/mol. The van der Waals surface area contributed by atoms with Crippen molar-refractivity contribution in [1.29, 1.82) is 0 Å². The fraction of sp³-hybridized carbons (Fsp3) is 0.333. The van der Waals surface area contributed by atoms with Crippen molar-refractivity contribution >= 4 is 39.5 Å². The van der Waals surface area contributed by atoms with Crippen LogP contribution in [-0.4, -0.2) is 31.1 Å². The Balaban J connectivity index is 2.49. The first-order chi connectivity index (χ1) is 9.02. The third-order valence-corrected chi connectivity index (χ3v) is 2.82. The van der Waals surface area contributed by atoms with Crippen LogP contribution in [0.15, 0.2) is 27.8 Å². The van der Waals surface area contributed by atoms with E-state index in [1.54, 1.807) is 19.2 Å². The smallest absolute Gasteiger partial charge is 0.187 e. The molecule has 1 aromatic rings. The van der Waals surface area contributed by atoms with Gasteiger partial charge in [0.1, 0.15) is 5.82 Å². The zero-order chi connectivity index (χ0) is 14.3. The van der Waals surface area contributed by atoms with Crippen LogP contribution >= 0.6 is 28.1 Å². The summed E-state index contributed by atoms with van der Waals surface area (Å²) in [6.45, 7) is 2.46. The summed E-state index contributed by atoms with van der Waals surface area (Å²) < 4.78 is 19.1. The highest BCUT2D eigenvalue weighted by Crippen LogP contribution is 2.13. The third-order valence-electron chi connectivity index (χ3n) is 2.12. The van der Waals surface area contributed by atoms with Crippen LogP contribution in [0.5, 0.6) is 0 Å². The summed E-state index contributed by atoms with van der Waals surface area (Å²) in [5.41, 5.74) is 2.99. The zero-order valence-corrected chi connectivity index (χ0v) is 13.0. The molecule has 0 heterocycles. The molecule has 0 spiro atoms. The van der Waals surface area contributed by atoms with E-state index in [-0.39, 0.29) is 11.9 Å². The number of nitrogens with one attached hydrogen (secondary N) is 2. The molecule has 1 rings (SSSR count). The largest absolute Gasteiger partial charge is 0.383 e. The summed E-state index contributed by atoms with van der Waals surface area (Å²) in [6, 6.07) is 4.69. The maximum atomic E-state index is 13.4. The van der Waals surface area contributed by atoms with E-state index in [2.05, 4.69) is 31.8 Å². The maximum Gasteiger partial charge on any atom is 0.187 e. The molecule has 0 aliphatic carbocycles. The Bertz CT molecular complexity index is 470. The Morgan fingerprint density at radius 3 is 3.05 bits per heavy atom. The first-order valence-electron chi connectivity index (χ1n) is 5.56. The van der Waals surface area contributed by atoms with E-state index in [0.717, 1.165) is 4.47 Å². The summed E-state index contributed by atoms with van der Waals surface area (Å²) in [4.78, 5) is 0. The van der Waals surface area contributed by atoms with Gasteiger partial charge in [0.05, 0.1) is 12.8 Å².